The number of rotatable bonds is 5. The number of nitrogens with one attached hydrogen (secondary N) is 1. The Bertz CT molecular complexity index is 839. The number of aromatic hydroxyl groups is 1. The highest BCUT2D eigenvalue weighted by atomic mass is 35.5. The lowest BCUT2D eigenvalue weighted by molar-refractivity contribution is -0.384. The van der Waals surface area contributed by atoms with Crippen LogP contribution in [0.15, 0.2) is 42.5 Å². The van der Waals surface area contributed by atoms with Crippen molar-refractivity contribution in [2.45, 2.75) is 6.04 Å². The molecule has 0 fully saturated rings. The van der Waals surface area contributed by atoms with Gasteiger partial charge in [0.15, 0.2) is 6.04 Å². The molecule has 0 bridgehead atoms. The molecular formula is C16H13ClN2O6. The Morgan fingerprint density at radius 1 is 1.28 bits per heavy atom. The van der Waals surface area contributed by atoms with Crippen LogP contribution in [-0.2, 0) is 9.53 Å². The number of phenolic OH excluding ortho intramolecular Hbond substituents is 1. The smallest absolute Gasteiger partial charge is 0.333 e. The van der Waals surface area contributed by atoms with Crippen LogP contribution in [0.3, 0.4) is 0 Å². The number of carbonyl (C=O) groups excluding carboxylic acids is 2. The summed E-state index contributed by atoms with van der Waals surface area (Å²) in [4.78, 5) is 34.5. The Morgan fingerprint density at radius 3 is 2.56 bits per heavy atom. The van der Waals surface area contributed by atoms with E-state index in [0.717, 1.165) is 19.2 Å². The van der Waals surface area contributed by atoms with Gasteiger partial charge in [0.05, 0.1) is 22.6 Å². The fourth-order valence-electron chi connectivity index (χ4n) is 2.11. The number of non-ortho nitro benzene ring substituents is 1. The number of carbonyl (C=O) groups is 2. The third-order valence-electron chi connectivity index (χ3n) is 3.32. The minimum atomic E-state index is -1.18. The van der Waals surface area contributed by atoms with Crippen LogP contribution in [0, 0.1) is 10.1 Å². The van der Waals surface area contributed by atoms with E-state index in [1.807, 2.05) is 0 Å². The number of phenols is 1. The average Bonchev–Trinajstić information content (AvgIpc) is 2.58. The van der Waals surface area contributed by atoms with Gasteiger partial charge in [-0.2, -0.15) is 0 Å². The van der Waals surface area contributed by atoms with Gasteiger partial charge < -0.3 is 15.2 Å². The molecule has 0 aliphatic heterocycles. The van der Waals surface area contributed by atoms with Gasteiger partial charge in [0, 0.05) is 12.1 Å². The molecule has 0 unspecified atom stereocenters. The Labute approximate surface area is 147 Å². The fraction of sp³-hybridized carbons (Fsp3) is 0.125. The zero-order valence-corrected chi connectivity index (χ0v) is 13.7. The van der Waals surface area contributed by atoms with Crippen molar-refractivity contribution in [3.05, 3.63) is 68.7 Å². The molecule has 0 saturated heterocycles. The number of ether oxygens (including phenoxy) is 1. The summed E-state index contributed by atoms with van der Waals surface area (Å²) in [7, 11) is 1.16. The summed E-state index contributed by atoms with van der Waals surface area (Å²) in [6, 6.07) is 7.92. The van der Waals surface area contributed by atoms with Gasteiger partial charge in [-0.3, -0.25) is 14.9 Å². The molecule has 2 N–H and O–H groups in total. The van der Waals surface area contributed by atoms with Gasteiger partial charge in [0.25, 0.3) is 11.6 Å². The number of methoxy groups -OCH3 is 1. The van der Waals surface area contributed by atoms with Gasteiger partial charge in [-0.15, -0.1) is 0 Å². The van der Waals surface area contributed by atoms with E-state index >= 15 is 0 Å². The molecule has 1 atom stereocenters. The van der Waals surface area contributed by atoms with E-state index in [-0.39, 0.29) is 22.0 Å². The molecule has 0 aliphatic rings. The largest absolute Gasteiger partial charge is 0.508 e. The van der Waals surface area contributed by atoms with Gasteiger partial charge in [0.2, 0.25) is 0 Å². The first-order valence-electron chi connectivity index (χ1n) is 6.95. The van der Waals surface area contributed by atoms with E-state index in [2.05, 4.69) is 10.1 Å². The minimum Gasteiger partial charge on any atom is -0.508 e. The summed E-state index contributed by atoms with van der Waals surface area (Å²) >= 11 is 5.92. The summed E-state index contributed by atoms with van der Waals surface area (Å²) in [5, 5.41) is 22.6. The first-order valence-corrected chi connectivity index (χ1v) is 7.33. The monoisotopic (exact) mass is 364 g/mol. The first kappa shape index (κ1) is 18.2. The molecule has 25 heavy (non-hydrogen) atoms. The highest BCUT2D eigenvalue weighted by Crippen LogP contribution is 2.24. The van der Waals surface area contributed by atoms with Crippen LogP contribution in [-0.4, -0.2) is 29.0 Å². The Balaban J connectivity index is 2.31. The van der Waals surface area contributed by atoms with Crippen molar-refractivity contribution in [2.75, 3.05) is 7.11 Å². The molecule has 0 heterocycles. The molecular weight excluding hydrogens is 352 g/mol. The number of amides is 1. The van der Waals surface area contributed by atoms with Gasteiger partial charge >= 0.3 is 5.97 Å². The molecule has 2 aromatic carbocycles. The number of nitro benzene ring substituents is 1. The second-order valence-corrected chi connectivity index (χ2v) is 5.35. The Morgan fingerprint density at radius 2 is 2.00 bits per heavy atom. The number of hydrogen-bond acceptors (Lipinski definition) is 6. The van der Waals surface area contributed by atoms with E-state index in [1.165, 1.54) is 30.3 Å². The molecule has 2 aromatic rings. The Kier molecular flexibility index (Phi) is 5.56. The quantitative estimate of drug-likeness (QED) is 0.478. The normalized spacial score (nSPS) is 11.4. The van der Waals surface area contributed by atoms with Gasteiger partial charge in [0.1, 0.15) is 5.75 Å². The van der Waals surface area contributed by atoms with Crippen LogP contribution in [0.5, 0.6) is 5.75 Å². The van der Waals surface area contributed by atoms with Crippen molar-refractivity contribution in [2.24, 2.45) is 0 Å². The van der Waals surface area contributed by atoms with Crippen LogP contribution < -0.4 is 5.32 Å². The van der Waals surface area contributed by atoms with E-state index in [9.17, 15) is 24.8 Å². The van der Waals surface area contributed by atoms with Crippen molar-refractivity contribution in [1.29, 1.82) is 0 Å². The van der Waals surface area contributed by atoms with Crippen LogP contribution in [0.1, 0.15) is 22.0 Å². The molecule has 130 valence electrons. The summed E-state index contributed by atoms with van der Waals surface area (Å²) in [5.41, 5.74) is -0.00129. The topological polar surface area (TPSA) is 119 Å². The maximum atomic E-state index is 12.4. The molecule has 0 aromatic heterocycles. The molecule has 0 aliphatic carbocycles. The van der Waals surface area contributed by atoms with Gasteiger partial charge in [-0.05, 0) is 23.8 Å². The van der Waals surface area contributed by atoms with Crippen molar-refractivity contribution in [1.82, 2.24) is 5.32 Å². The zero-order chi connectivity index (χ0) is 18.6. The van der Waals surface area contributed by atoms with Crippen molar-refractivity contribution < 1.29 is 24.4 Å². The third-order valence-corrected chi connectivity index (χ3v) is 3.64. The summed E-state index contributed by atoms with van der Waals surface area (Å²) in [6.45, 7) is 0. The molecule has 8 nitrogen and oxygen atoms in total. The molecule has 1 amide bonds. The minimum absolute atomic E-state index is 0.0404. The lowest BCUT2D eigenvalue weighted by Gasteiger charge is -2.17. The SMILES string of the molecule is COC(=O)[C@@H](NC(=O)c1ccc([N+](=O)[O-])cc1Cl)c1cccc(O)c1. The summed E-state index contributed by atoms with van der Waals surface area (Å²) < 4.78 is 4.67. The number of esters is 1. The number of nitro groups is 1. The van der Waals surface area contributed by atoms with Crippen molar-refractivity contribution >= 4 is 29.2 Å². The highest BCUT2D eigenvalue weighted by molar-refractivity contribution is 6.34. The molecule has 0 spiro atoms. The van der Waals surface area contributed by atoms with Gasteiger partial charge in [-0.25, -0.2) is 4.79 Å². The van der Waals surface area contributed by atoms with E-state index in [0.29, 0.717) is 5.56 Å². The maximum absolute atomic E-state index is 12.4. The lowest BCUT2D eigenvalue weighted by atomic mass is 10.1. The molecule has 0 radical (unpaired) electrons. The van der Waals surface area contributed by atoms with Crippen molar-refractivity contribution in [3.8, 4) is 5.75 Å². The number of halogens is 1. The predicted molar refractivity (Wildman–Crippen MR) is 88.4 cm³/mol. The molecule has 0 saturated carbocycles. The van der Waals surface area contributed by atoms with Crippen LogP contribution >= 0.6 is 11.6 Å². The number of benzene rings is 2. The van der Waals surface area contributed by atoms with Crippen LogP contribution in [0.25, 0.3) is 0 Å². The first-order chi connectivity index (χ1) is 11.8. The highest BCUT2D eigenvalue weighted by Gasteiger charge is 2.26. The predicted octanol–water partition coefficient (Wildman–Crippen LogP) is 2.60. The molecule has 9 heteroatoms. The van der Waals surface area contributed by atoms with E-state index in [1.54, 1.807) is 0 Å². The number of hydrogen-bond donors (Lipinski definition) is 2. The Hall–Kier alpha value is -3.13. The summed E-state index contributed by atoms with van der Waals surface area (Å²) in [6.07, 6.45) is 0. The second kappa shape index (κ2) is 7.63. The van der Waals surface area contributed by atoms with Crippen LogP contribution in [0.4, 0.5) is 5.69 Å². The maximum Gasteiger partial charge on any atom is 0.333 e. The standard InChI is InChI=1S/C16H13ClN2O6/c1-25-16(22)14(9-3-2-4-11(20)7-9)18-15(21)12-6-5-10(19(23)24)8-13(12)17/h2-8,14,20H,1H3,(H,18,21)/t14-/m0/s1. The third kappa shape index (κ3) is 4.24. The van der Waals surface area contributed by atoms with E-state index < -0.39 is 22.8 Å². The van der Waals surface area contributed by atoms with E-state index in [4.69, 9.17) is 11.6 Å². The van der Waals surface area contributed by atoms with Crippen molar-refractivity contribution in [3.63, 3.8) is 0 Å². The number of nitrogens with zero attached hydrogens (tertiary/aromatic N) is 1. The van der Waals surface area contributed by atoms with Crippen LogP contribution in [0.2, 0.25) is 5.02 Å². The average molecular weight is 365 g/mol. The molecule has 2 rings (SSSR count). The summed E-state index contributed by atoms with van der Waals surface area (Å²) in [5.74, 6) is -1.57. The van der Waals surface area contributed by atoms with Gasteiger partial charge in [-0.1, -0.05) is 23.7 Å². The second-order valence-electron chi connectivity index (χ2n) is 4.95. The zero-order valence-electron chi connectivity index (χ0n) is 12.9. The fourth-order valence-corrected chi connectivity index (χ4v) is 2.37. The lowest BCUT2D eigenvalue weighted by Crippen LogP contribution is -2.34.